The number of amides is 1. The second kappa shape index (κ2) is 9.28. The van der Waals surface area contributed by atoms with E-state index in [4.69, 9.17) is 16.3 Å². The van der Waals surface area contributed by atoms with E-state index in [1.165, 1.54) is 11.4 Å². The average Bonchev–Trinajstić information content (AvgIpc) is 3.25. The average molecular weight is 496 g/mol. The van der Waals surface area contributed by atoms with Crippen LogP contribution in [0.15, 0.2) is 35.2 Å². The molecule has 1 N–H and O–H groups in total. The Hall–Kier alpha value is -2.31. The van der Waals surface area contributed by atoms with Crippen molar-refractivity contribution in [2.75, 3.05) is 45.2 Å². The van der Waals surface area contributed by atoms with Crippen LogP contribution in [0.25, 0.3) is 11.0 Å². The summed E-state index contributed by atoms with van der Waals surface area (Å²) < 4.78 is 41.3. The molecular weight excluding hydrogens is 474 g/mol. The van der Waals surface area contributed by atoms with E-state index in [-0.39, 0.29) is 30.4 Å². The van der Waals surface area contributed by atoms with Gasteiger partial charge in [-0.2, -0.15) is 13.1 Å². The third kappa shape index (κ3) is 4.57. The first-order chi connectivity index (χ1) is 15.3. The molecule has 1 aromatic heterocycles. The molecule has 9 nitrogen and oxygen atoms in total. The van der Waals surface area contributed by atoms with Gasteiger partial charge in [-0.15, -0.1) is 0 Å². The van der Waals surface area contributed by atoms with E-state index in [2.05, 4.69) is 14.1 Å². The zero-order chi connectivity index (χ0) is 22.9. The highest BCUT2D eigenvalue weighted by molar-refractivity contribution is 7.89. The first-order valence-electron chi connectivity index (χ1n) is 9.87. The number of ether oxygens (including phenoxy) is 1. The molecule has 32 heavy (non-hydrogen) atoms. The largest absolute Gasteiger partial charge is 0.495 e. The molecule has 1 aliphatic rings. The number of benzene rings is 2. The molecule has 2 heterocycles. The van der Waals surface area contributed by atoms with Crippen LogP contribution in [0.2, 0.25) is 5.02 Å². The molecule has 3 aromatic rings. The Labute approximate surface area is 195 Å². The monoisotopic (exact) mass is 495 g/mol. The Morgan fingerprint density at radius 1 is 1.22 bits per heavy atom. The van der Waals surface area contributed by atoms with Crippen LogP contribution in [-0.2, 0) is 14.8 Å². The Morgan fingerprint density at radius 3 is 2.69 bits per heavy atom. The third-order valence-corrected chi connectivity index (χ3v) is 8.20. The summed E-state index contributed by atoms with van der Waals surface area (Å²) in [5, 5.41) is 3.41. The molecule has 0 spiro atoms. The number of anilines is 1. The van der Waals surface area contributed by atoms with Crippen molar-refractivity contribution in [2.45, 2.75) is 11.8 Å². The van der Waals surface area contributed by atoms with Crippen LogP contribution in [0.5, 0.6) is 5.75 Å². The molecular formula is C20H22ClN5O4S2. The number of methoxy groups -OCH3 is 1. The van der Waals surface area contributed by atoms with E-state index in [1.54, 1.807) is 30.3 Å². The number of nitrogens with zero attached hydrogens (tertiary/aromatic N) is 4. The molecule has 0 aliphatic carbocycles. The van der Waals surface area contributed by atoms with Gasteiger partial charge in [0, 0.05) is 37.3 Å². The number of sulfonamides is 1. The quantitative estimate of drug-likeness (QED) is 0.560. The van der Waals surface area contributed by atoms with Crippen LogP contribution < -0.4 is 10.1 Å². The van der Waals surface area contributed by atoms with Crippen molar-refractivity contribution in [3.63, 3.8) is 0 Å². The first-order valence-corrected chi connectivity index (χ1v) is 12.4. The Bertz CT molecular complexity index is 1260. The Morgan fingerprint density at radius 2 is 1.97 bits per heavy atom. The molecule has 0 saturated carbocycles. The number of aryl methyl sites for hydroxylation is 1. The highest BCUT2D eigenvalue weighted by Gasteiger charge is 2.31. The Balaban J connectivity index is 1.38. The van der Waals surface area contributed by atoms with Gasteiger partial charge in [0.2, 0.25) is 15.9 Å². The predicted octanol–water partition coefficient (Wildman–Crippen LogP) is 2.61. The second-order valence-corrected chi connectivity index (χ2v) is 10.3. The number of hydrogen-bond donors (Lipinski definition) is 1. The standard InChI is InChI=1S/C20H22ClN5O4S2/c1-13-10-16(17(30-2)11-14(13)21)22-19(27)12-25-6-8-26(9-7-25)32(28,29)18-5-3-4-15-20(18)24-31-23-15/h3-5,10-11H,6-9,12H2,1-2H3,(H,22,27). The number of rotatable bonds is 6. The molecule has 1 aliphatic heterocycles. The SMILES string of the molecule is COc1cc(Cl)c(C)cc1NC(=O)CN1CCN(S(=O)(=O)c2cccc3nsnc23)CC1. The van der Waals surface area contributed by atoms with Crippen molar-refractivity contribution in [1.29, 1.82) is 0 Å². The minimum absolute atomic E-state index is 0.143. The molecule has 2 aromatic carbocycles. The molecule has 4 rings (SSSR count). The first kappa shape index (κ1) is 22.9. The van der Waals surface area contributed by atoms with Crippen LogP contribution in [-0.4, -0.2) is 72.1 Å². The smallest absolute Gasteiger partial charge is 0.245 e. The summed E-state index contributed by atoms with van der Waals surface area (Å²) in [6.07, 6.45) is 0. The summed E-state index contributed by atoms with van der Waals surface area (Å²) in [4.78, 5) is 14.7. The van der Waals surface area contributed by atoms with Crippen molar-refractivity contribution in [2.24, 2.45) is 0 Å². The molecule has 170 valence electrons. The van der Waals surface area contributed by atoms with Gasteiger partial charge in [0.05, 0.1) is 31.1 Å². The third-order valence-electron chi connectivity index (χ3n) is 5.32. The van der Waals surface area contributed by atoms with Crippen LogP contribution in [0.4, 0.5) is 5.69 Å². The highest BCUT2D eigenvalue weighted by Crippen LogP contribution is 2.31. The van der Waals surface area contributed by atoms with Gasteiger partial charge >= 0.3 is 0 Å². The number of piperazine rings is 1. The lowest BCUT2D eigenvalue weighted by Crippen LogP contribution is -2.50. The van der Waals surface area contributed by atoms with Crippen molar-refractivity contribution in [3.05, 3.63) is 40.9 Å². The number of carbonyl (C=O) groups excluding carboxylic acids is 1. The summed E-state index contributed by atoms with van der Waals surface area (Å²) in [5.74, 6) is 0.273. The van der Waals surface area contributed by atoms with Crippen LogP contribution >= 0.6 is 23.3 Å². The fourth-order valence-corrected chi connectivity index (χ4v) is 5.91. The summed E-state index contributed by atoms with van der Waals surface area (Å²) in [7, 11) is -2.18. The maximum atomic E-state index is 13.1. The Kier molecular flexibility index (Phi) is 6.63. The summed E-state index contributed by atoms with van der Waals surface area (Å²) >= 11 is 7.11. The number of fused-ring (bicyclic) bond motifs is 1. The van der Waals surface area contributed by atoms with Crippen molar-refractivity contribution in [1.82, 2.24) is 18.0 Å². The van der Waals surface area contributed by atoms with Crippen LogP contribution in [0.1, 0.15) is 5.56 Å². The van der Waals surface area contributed by atoms with Crippen molar-refractivity contribution in [3.8, 4) is 5.75 Å². The van der Waals surface area contributed by atoms with Gasteiger partial charge in [0.25, 0.3) is 0 Å². The van der Waals surface area contributed by atoms with Gasteiger partial charge in [-0.1, -0.05) is 17.7 Å². The van der Waals surface area contributed by atoms with Gasteiger partial charge in [0.15, 0.2) is 0 Å². The minimum Gasteiger partial charge on any atom is -0.495 e. The second-order valence-electron chi connectivity index (χ2n) is 7.42. The van der Waals surface area contributed by atoms with Crippen molar-refractivity contribution >= 4 is 56.0 Å². The number of nitrogens with one attached hydrogen (secondary N) is 1. The lowest BCUT2D eigenvalue weighted by atomic mass is 10.2. The number of hydrogen-bond acceptors (Lipinski definition) is 8. The molecule has 0 atom stereocenters. The minimum atomic E-state index is -3.70. The number of carbonyl (C=O) groups is 1. The zero-order valence-corrected chi connectivity index (χ0v) is 19.9. The summed E-state index contributed by atoms with van der Waals surface area (Å²) in [6.45, 7) is 3.44. The molecule has 12 heteroatoms. The van der Waals surface area contributed by atoms with Gasteiger partial charge in [0.1, 0.15) is 21.7 Å². The molecule has 1 fully saturated rings. The lowest BCUT2D eigenvalue weighted by Gasteiger charge is -2.33. The lowest BCUT2D eigenvalue weighted by molar-refractivity contribution is -0.117. The van der Waals surface area contributed by atoms with Crippen molar-refractivity contribution < 1.29 is 17.9 Å². The van der Waals surface area contributed by atoms with Crippen LogP contribution in [0.3, 0.4) is 0 Å². The topological polar surface area (TPSA) is 105 Å². The maximum Gasteiger partial charge on any atom is 0.245 e. The fraction of sp³-hybridized carbons (Fsp3) is 0.350. The normalized spacial score (nSPS) is 15.7. The van der Waals surface area contributed by atoms with E-state index < -0.39 is 10.0 Å². The van der Waals surface area contributed by atoms with E-state index in [9.17, 15) is 13.2 Å². The van der Waals surface area contributed by atoms with E-state index in [0.29, 0.717) is 40.6 Å². The number of aromatic nitrogens is 2. The molecule has 1 saturated heterocycles. The van der Waals surface area contributed by atoms with Gasteiger partial charge < -0.3 is 10.1 Å². The fourth-order valence-electron chi connectivity index (χ4n) is 3.58. The van der Waals surface area contributed by atoms with E-state index in [1.807, 2.05) is 11.8 Å². The molecule has 1 amide bonds. The number of halogens is 1. The predicted molar refractivity (Wildman–Crippen MR) is 124 cm³/mol. The molecule has 0 bridgehead atoms. The van der Waals surface area contributed by atoms with E-state index in [0.717, 1.165) is 17.3 Å². The molecule has 0 radical (unpaired) electrons. The van der Waals surface area contributed by atoms with Gasteiger partial charge in [-0.25, -0.2) is 8.42 Å². The molecule has 0 unspecified atom stereocenters. The summed E-state index contributed by atoms with van der Waals surface area (Å²) in [5.41, 5.74) is 2.34. The zero-order valence-electron chi connectivity index (χ0n) is 17.5. The maximum absolute atomic E-state index is 13.1. The van der Waals surface area contributed by atoms with Gasteiger partial charge in [-0.05, 0) is 30.7 Å². The van der Waals surface area contributed by atoms with E-state index >= 15 is 0 Å². The van der Waals surface area contributed by atoms with Gasteiger partial charge in [-0.3, -0.25) is 9.69 Å². The highest BCUT2D eigenvalue weighted by atomic mass is 35.5. The summed E-state index contributed by atoms with van der Waals surface area (Å²) in [6, 6.07) is 8.39. The van der Waals surface area contributed by atoms with Crippen LogP contribution in [0, 0.1) is 6.92 Å².